The van der Waals surface area contributed by atoms with Gasteiger partial charge in [0, 0.05) is 48.1 Å². The molecule has 0 aliphatic heterocycles. The van der Waals surface area contributed by atoms with Crippen LogP contribution in [0.15, 0.2) is 47.3 Å². The molecular weight excluding hydrogens is 379 g/mol. The highest BCUT2D eigenvalue weighted by Gasteiger charge is 2.18. The Bertz CT molecular complexity index is 1150. The van der Waals surface area contributed by atoms with Crippen LogP contribution in [0.25, 0.3) is 11.0 Å². The quantitative estimate of drug-likeness (QED) is 0.685. The number of halogens is 1. The summed E-state index contributed by atoms with van der Waals surface area (Å²) in [4.78, 5) is 9.12. The number of nitrogens with two attached hydrogens (primary N) is 1. The van der Waals surface area contributed by atoms with Crippen LogP contribution in [0.2, 0.25) is 0 Å². The Balaban J connectivity index is 2.06. The van der Waals surface area contributed by atoms with Crippen molar-refractivity contribution in [2.75, 3.05) is 12.8 Å². The second-order valence-electron chi connectivity index (χ2n) is 6.79. The number of hydrogen-bond acceptors (Lipinski definition) is 5. The van der Waals surface area contributed by atoms with Crippen LogP contribution in [-0.4, -0.2) is 35.8 Å². The molecule has 0 unspecified atom stereocenters. The normalized spacial score (nSPS) is 12.7. The highest BCUT2D eigenvalue weighted by Crippen LogP contribution is 2.28. The lowest BCUT2D eigenvalue weighted by atomic mass is 10.1. The fourth-order valence-electron chi connectivity index (χ4n) is 3.18. The molecule has 0 saturated heterocycles. The molecule has 0 amide bonds. The number of nitrogens with zero attached hydrogens (tertiary/aromatic N) is 3. The Morgan fingerprint density at radius 3 is 2.61 bits per heavy atom. The van der Waals surface area contributed by atoms with Gasteiger partial charge in [0.2, 0.25) is 0 Å². The third-order valence-corrected chi connectivity index (χ3v) is 5.76. The first-order valence-corrected chi connectivity index (χ1v) is 10.7. The minimum Gasteiger partial charge on any atom is -0.336 e. The Morgan fingerprint density at radius 1 is 1.25 bits per heavy atom. The Kier molecular flexibility index (Phi) is 5.62. The molecule has 28 heavy (non-hydrogen) atoms. The van der Waals surface area contributed by atoms with Crippen molar-refractivity contribution >= 4 is 20.9 Å². The van der Waals surface area contributed by atoms with E-state index in [1.807, 2.05) is 30.5 Å². The summed E-state index contributed by atoms with van der Waals surface area (Å²) in [6, 6.07) is 7.08. The molecule has 6 nitrogen and oxygen atoms in total. The molecule has 2 N–H and O–H groups in total. The van der Waals surface area contributed by atoms with Gasteiger partial charge in [-0.1, -0.05) is 0 Å². The standard InChI is InChI=1S/C20H23FN4O2S/c1-13-4-7-19-20(24-13)18(14(2)25(19)12-15(21)8-9-22)10-16-5-6-17(11-23-16)28(3,26)27/h4-8,11H,9-10,12,22H2,1-3H3/b15-8-. The van der Waals surface area contributed by atoms with Gasteiger partial charge in [0.15, 0.2) is 9.84 Å². The molecular formula is C20H23FN4O2S. The van der Waals surface area contributed by atoms with Gasteiger partial charge in [-0.3, -0.25) is 9.97 Å². The number of aryl methyl sites for hydroxylation is 1. The van der Waals surface area contributed by atoms with E-state index in [2.05, 4.69) is 9.97 Å². The van der Waals surface area contributed by atoms with Crippen LogP contribution in [0.3, 0.4) is 0 Å². The molecule has 0 bridgehead atoms. The maximum absolute atomic E-state index is 14.1. The third-order valence-electron chi connectivity index (χ3n) is 4.66. The molecule has 0 radical (unpaired) electrons. The molecule has 3 rings (SSSR count). The minimum absolute atomic E-state index is 0.0880. The van der Waals surface area contributed by atoms with Crippen LogP contribution in [0, 0.1) is 13.8 Å². The zero-order valence-electron chi connectivity index (χ0n) is 16.1. The van der Waals surface area contributed by atoms with Gasteiger partial charge in [0.05, 0.1) is 22.5 Å². The summed E-state index contributed by atoms with van der Waals surface area (Å²) >= 11 is 0. The van der Waals surface area contributed by atoms with Crippen LogP contribution >= 0.6 is 0 Å². The summed E-state index contributed by atoms with van der Waals surface area (Å²) in [5, 5.41) is 0. The molecule has 8 heteroatoms. The van der Waals surface area contributed by atoms with Crippen LogP contribution < -0.4 is 5.73 Å². The van der Waals surface area contributed by atoms with E-state index in [1.165, 1.54) is 12.3 Å². The van der Waals surface area contributed by atoms with E-state index in [9.17, 15) is 12.8 Å². The van der Waals surface area contributed by atoms with Gasteiger partial charge in [-0.15, -0.1) is 0 Å². The number of hydrogen-bond donors (Lipinski definition) is 1. The molecule has 3 aromatic heterocycles. The zero-order valence-corrected chi connectivity index (χ0v) is 16.9. The second kappa shape index (κ2) is 7.81. The van der Waals surface area contributed by atoms with Crippen LogP contribution in [0.4, 0.5) is 4.39 Å². The van der Waals surface area contributed by atoms with Gasteiger partial charge in [0.25, 0.3) is 0 Å². The molecule has 0 saturated carbocycles. The molecule has 148 valence electrons. The van der Waals surface area contributed by atoms with Crippen LogP contribution in [0.5, 0.6) is 0 Å². The lowest BCUT2D eigenvalue weighted by molar-refractivity contribution is 0.554. The predicted molar refractivity (Wildman–Crippen MR) is 108 cm³/mol. The number of sulfone groups is 1. The van der Waals surface area contributed by atoms with Crippen LogP contribution in [-0.2, 0) is 22.8 Å². The minimum atomic E-state index is -3.29. The van der Waals surface area contributed by atoms with E-state index in [0.717, 1.165) is 39.9 Å². The van der Waals surface area contributed by atoms with Gasteiger partial charge in [-0.2, -0.15) is 0 Å². The van der Waals surface area contributed by atoms with Crippen molar-refractivity contribution in [2.45, 2.75) is 31.7 Å². The maximum atomic E-state index is 14.1. The summed E-state index contributed by atoms with van der Waals surface area (Å²) in [5.74, 6) is -0.301. The van der Waals surface area contributed by atoms with Crippen molar-refractivity contribution < 1.29 is 12.8 Å². The van der Waals surface area contributed by atoms with Gasteiger partial charge < -0.3 is 10.3 Å². The van der Waals surface area contributed by atoms with Crippen molar-refractivity contribution in [2.24, 2.45) is 5.73 Å². The van der Waals surface area contributed by atoms with Crippen molar-refractivity contribution in [1.29, 1.82) is 0 Å². The maximum Gasteiger partial charge on any atom is 0.177 e. The van der Waals surface area contributed by atoms with Gasteiger partial charge in [-0.05, 0) is 44.2 Å². The highest BCUT2D eigenvalue weighted by molar-refractivity contribution is 7.90. The molecule has 0 aliphatic rings. The van der Waals surface area contributed by atoms with Crippen molar-refractivity contribution in [3.63, 3.8) is 0 Å². The summed E-state index contributed by atoms with van der Waals surface area (Å²) < 4.78 is 39.3. The molecule has 3 heterocycles. The lowest BCUT2D eigenvalue weighted by Gasteiger charge is -2.07. The van der Waals surface area contributed by atoms with E-state index in [1.54, 1.807) is 12.1 Å². The van der Waals surface area contributed by atoms with E-state index in [-0.39, 0.29) is 23.8 Å². The van der Waals surface area contributed by atoms with Crippen molar-refractivity contribution in [3.05, 3.63) is 65.0 Å². The van der Waals surface area contributed by atoms with E-state index in [0.29, 0.717) is 6.42 Å². The lowest BCUT2D eigenvalue weighted by Crippen LogP contribution is -2.04. The Hall–Kier alpha value is -2.58. The number of fused-ring (bicyclic) bond motifs is 1. The smallest absolute Gasteiger partial charge is 0.177 e. The fourth-order valence-corrected chi connectivity index (χ4v) is 3.74. The monoisotopic (exact) mass is 402 g/mol. The van der Waals surface area contributed by atoms with Gasteiger partial charge >= 0.3 is 0 Å². The van der Waals surface area contributed by atoms with Gasteiger partial charge in [-0.25, -0.2) is 12.8 Å². The summed E-state index contributed by atoms with van der Waals surface area (Å²) in [6.07, 6.45) is 4.34. The fraction of sp³-hybridized carbons (Fsp3) is 0.300. The molecule has 3 aromatic rings. The zero-order chi connectivity index (χ0) is 20.5. The van der Waals surface area contributed by atoms with Crippen molar-refractivity contribution in [3.8, 4) is 0 Å². The predicted octanol–water partition coefficient (Wildman–Crippen LogP) is 2.85. The first-order chi connectivity index (χ1) is 13.2. The van der Waals surface area contributed by atoms with Crippen LogP contribution in [0.1, 0.15) is 22.6 Å². The number of pyridine rings is 2. The Labute approximate surface area is 163 Å². The molecule has 0 fully saturated rings. The number of aromatic nitrogens is 3. The van der Waals surface area contributed by atoms with Crippen molar-refractivity contribution in [1.82, 2.24) is 14.5 Å². The van der Waals surface area contributed by atoms with Gasteiger partial charge in [0.1, 0.15) is 5.83 Å². The Morgan fingerprint density at radius 2 is 2.00 bits per heavy atom. The number of rotatable bonds is 6. The topological polar surface area (TPSA) is 90.9 Å². The number of allylic oxidation sites excluding steroid dienone is 1. The average molecular weight is 402 g/mol. The largest absolute Gasteiger partial charge is 0.336 e. The van der Waals surface area contributed by atoms with E-state index in [4.69, 9.17) is 5.73 Å². The van der Waals surface area contributed by atoms with E-state index < -0.39 is 9.84 Å². The highest BCUT2D eigenvalue weighted by atomic mass is 32.2. The molecule has 0 atom stereocenters. The second-order valence-corrected chi connectivity index (χ2v) is 8.81. The SMILES string of the molecule is Cc1ccc2c(n1)c(Cc1ccc(S(C)(=O)=O)cn1)c(C)n2C/C(F)=C/CN. The molecule has 0 aromatic carbocycles. The summed E-state index contributed by atoms with van der Waals surface area (Å²) in [6.45, 7) is 4.06. The third kappa shape index (κ3) is 4.13. The molecule has 0 spiro atoms. The average Bonchev–Trinajstić information content (AvgIpc) is 2.87. The first-order valence-electron chi connectivity index (χ1n) is 8.85. The summed E-state index contributed by atoms with van der Waals surface area (Å²) in [5.41, 5.74) is 10.5. The molecule has 0 aliphatic carbocycles. The van der Waals surface area contributed by atoms with E-state index >= 15 is 0 Å². The summed E-state index contributed by atoms with van der Waals surface area (Å²) in [7, 11) is -3.29. The first kappa shape index (κ1) is 20.2.